The molecule has 6 heteroatoms. The summed E-state index contributed by atoms with van der Waals surface area (Å²) >= 11 is 1.30. The third-order valence-corrected chi connectivity index (χ3v) is 6.38. The second-order valence-electron chi connectivity index (χ2n) is 7.34. The van der Waals surface area contributed by atoms with Crippen molar-refractivity contribution in [2.45, 2.75) is 6.92 Å². The number of hydrogen-bond donors (Lipinski definition) is 2. The predicted octanol–water partition coefficient (Wildman–Crippen LogP) is 6.35. The Kier molecular flexibility index (Phi) is 5.21. The van der Waals surface area contributed by atoms with Crippen LogP contribution in [0.15, 0.2) is 78.9 Å². The van der Waals surface area contributed by atoms with Gasteiger partial charge in [0.2, 0.25) is 0 Å². The number of anilines is 2. The molecule has 3 aromatic carbocycles. The van der Waals surface area contributed by atoms with E-state index in [0.717, 1.165) is 43.7 Å². The maximum atomic E-state index is 13.2. The van der Waals surface area contributed by atoms with E-state index in [-0.39, 0.29) is 5.91 Å². The number of benzene rings is 3. The topological polar surface area (TPSA) is 77.2 Å². The molecule has 158 valence electrons. The standard InChI is InChI=1S/C26H21N3O2S/c1-2-31-18-12-13-21-17(14-18)15-20-23(27)24(32-26(20)29-21)25(30)28-22-11-7-6-10-19(22)16-8-4-3-5-9-16/h3-15H,2,27H2,1H3,(H,28,30). The van der Waals surface area contributed by atoms with Gasteiger partial charge in [-0.1, -0.05) is 48.5 Å². The minimum atomic E-state index is -0.243. The van der Waals surface area contributed by atoms with Crippen molar-refractivity contribution in [3.05, 3.63) is 83.7 Å². The number of fused-ring (bicyclic) bond motifs is 2. The highest BCUT2D eigenvalue weighted by Gasteiger charge is 2.19. The van der Waals surface area contributed by atoms with Crippen LogP contribution in [0, 0.1) is 0 Å². The molecular weight excluding hydrogens is 418 g/mol. The molecule has 2 heterocycles. The van der Waals surface area contributed by atoms with Crippen LogP contribution in [-0.2, 0) is 0 Å². The summed E-state index contributed by atoms with van der Waals surface area (Å²) in [6, 6.07) is 25.4. The van der Waals surface area contributed by atoms with Crippen LogP contribution in [-0.4, -0.2) is 17.5 Å². The van der Waals surface area contributed by atoms with E-state index < -0.39 is 0 Å². The molecule has 5 aromatic rings. The van der Waals surface area contributed by atoms with Gasteiger partial charge in [0.15, 0.2) is 0 Å². The molecule has 32 heavy (non-hydrogen) atoms. The number of nitrogens with zero attached hydrogens (tertiary/aromatic N) is 1. The zero-order chi connectivity index (χ0) is 22.1. The number of carbonyl (C=O) groups is 1. The molecule has 1 amide bonds. The van der Waals surface area contributed by atoms with E-state index in [1.54, 1.807) is 0 Å². The first-order valence-corrected chi connectivity index (χ1v) is 11.2. The van der Waals surface area contributed by atoms with E-state index >= 15 is 0 Å². The number of nitrogens with one attached hydrogen (secondary N) is 1. The predicted molar refractivity (Wildman–Crippen MR) is 133 cm³/mol. The lowest BCUT2D eigenvalue weighted by Crippen LogP contribution is -2.12. The summed E-state index contributed by atoms with van der Waals surface area (Å²) in [5.41, 5.74) is 10.4. The van der Waals surface area contributed by atoms with Gasteiger partial charge >= 0.3 is 0 Å². The van der Waals surface area contributed by atoms with Crippen LogP contribution < -0.4 is 15.8 Å². The van der Waals surface area contributed by atoms with Gasteiger partial charge in [-0.3, -0.25) is 4.79 Å². The number of rotatable bonds is 5. The molecule has 0 bridgehead atoms. The van der Waals surface area contributed by atoms with E-state index in [1.165, 1.54) is 11.3 Å². The zero-order valence-corrected chi connectivity index (χ0v) is 18.3. The minimum absolute atomic E-state index is 0.243. The summed E-state index contributed by atoms with van der Waals surface area (Å²) in [5, 5.41) is 4.74. The second kappa shape index (κ2) is 8.32. The molecule has 0 spiro atoms. The Balaban J connectivity index is 1.52. The minimum Gasteiger partial charge on any atom is -0.494 e. The molecule has 0 fully saturated rings. The maximum Gasteiger partial charge on any atom is 0.267 e. The van der Waals surface area contributed by atoms with Crippen molar-refractivity contribution in [3.63, 3.8) is 0 Å². The van der Waals surface area contributed by atoms with Crippen LogP contribution in [0.4, 0.5) is 11.4 Å². The number of ether oxygens (including phenoxy) is 1. The summed E-state index contributed by atoms with van der Waals surface area (Å²) in [7, 11) is 0. The first-order chi connectivity index (χ1) is 15.6. The van der Waals surface area contributed by atoms with Gasteiger partial charge in [0.25, 0.3) is 5.91 Å². The van der Waals surface area contributed by atoms with Crippen LogP contribution in [0.5, 0.6) is 5.75 Å². The fourth-order valence-corrected chi connectivity index (χ4v) is 4.73. The number of aromatic nitrogens is 1. The molecule has 0 aliphatic carbocycles. The quantitative estimate of drug-likeness (QED) is 0.334. The number of para-hydroxylation sites is 1. The fraction of sp³-hybridized carbons (Fsp3) is 0.0769. The zero-order valence-electron chi connectivity index (χ0n) is 17.5. The lowest BCUT2D eigenvalue weighted by molar-refractivity contribution is 0.103. The molecule has 3 N–H and O–H groups in total. The molecular formula is C26H21N3O2S. The molecule has 0 aliphatic rings. The van der Waals surface area contributed by atoms with Gasteiger partial charge in [-0.25, -0.2) is 4.98 Å². The summed E-state index contributed by atoms with van der Waals surface area (Å²) in [5.74, 6) is 0.540. The van der Waals surface area contributed by atoms with Crippen molar-refractivity contribution < 1.29 is 9.53 Å². The molecule has 5 rings (SSSR count). The monoisotopic (exact) mass is 439 g/mol. The normalized spacial score (nSPS) is 11.0. The van der Waals surface area contributed by atoms with Crippen LogP contribution in [0.1, 0.15) is 16.6 Å². The lowest BCUT2D eigenvalue weighted by atomic mass is 10.0. The van der Waals surface area contributed by atoms with Gasteiger partial charge in [0, 0.05) is 22.0 Å². The third-order valence-electron chi connectivity index (χ3n) is 5.26. The number of thiophene rings is 1. The summed E-state index contributed by atoms with van der Waals surface area (Å²) in [6.07, 6.45) is 0. The Bertz CT molecular complexity index is 1440. The van der Waals surface area contributed by atoms with Crippen molar-refractivity contribution in [1.82, 2.24) is 4.98 Å². The summed E-state index contributed by atoms with van der Waals surface area (Å²) < 4.78 is 5.59. The van der Waals surface area contributed by atoms with Crippen molar-refractivity contribution >= 4 is 49.7 Å². The van der Waals surface area contributed by atoms with Crippen LogP contribution in [0.25, 0.3) is 32.2 Å². The molecule has 5 nitrogen and oxygen atoms in total. The van der Waals surface area contributed by atoms with Crippen LogP contribution in [0.2, 0.25) is 0 Å². The van der Waals surface area contributed by atoms with Gasteiger partial charge < -0.3 is 15.8 Å². The van der Waals surface area contributed by atoms with E-state index in [2.05, 4.69) is 5.32 Å². The molecule has 0 aliphatic heterocycles. The Hall–Kier alpha value is -3.90. The van der Waals surface area contributed by atoms with E-state index in [1.807, 2.05) is 85.8 Å². The lowest BCUT2D eigenvalue weighted by Gasteiger charge is -2.11. The van der Waals surface area contributed by atoms with Crippen LogP contribution >= 0.6 is 11.3 Å². The summed E-state index contributed by atoms with van der Waals surface area (Å²) in [4.78, 5) is 19.1. The van der Waals surface area contributed by atoms with Crippen molar-refractivity contribution in [2.24, 2.45) is 0 Å². The highest BCUT2D eigenvalue weighted by Crippen LogP contribution is 2.36. The Morgan fingerprint density at radius 1 is 1.03 bits per heavy atom. The third kappa shape index (κ3) is 3.65. The number of hydrogen-bond acceptors (Lipinski definition) is 5. The van der Waals surface area contributed by atoms with Gasteiger partial charge in [-0.05, 0) is 42.8 Å². The van der Waals surface area contributed by atoms with Gasteiger partial charge in [0.05, 0.1) is 17.8 Å². The van der Waals surface area contributed by atoms with Crippen molar-refractivity contribution in [3.8, 4) is 16.9 Å². The number of nitrogens with two attached hydrogens (primary N) is 1. The molecule has 0 atom stereocenters. The molecule has 0 saturated heterocycles. The number of pyridine rings is 1. The Labute approximate surface area is 189 Å². The maximum absolute atomic E-state index is 13.2. The SMILES string of the molecule is CCOc1ccc2nc3sc(C(=O)Nc4ccccc4-c4ccccc4)c(N)c3cc2c1. The van der Waals surface area contributed by atoms with Crippen molar-refractivity contribution in [1.29, 1.82) is 0 Å². The van der Waals surface area contributed by atoms with Gasteiger partial charge in [0.1, 0.15) is 15.5 Å². The largest absolute Gasteiger partial charge is 0.494 e. The highest BCUT2D eigenvalue weighted by molar-refractivity contribution is 7.21. The molecule has 0 unspecified atom stereocenters. The molecule has 0 radical (unpaired) electrons. The summed E-state index contributed by atoms with van der Waals surface area (Å²) in [6.45, 7) is 2.54. The number of nitrogen functional groups attached to an aromatic ring is 1. The van der Waals surface area contributed by atoms with E-state index in [0.29, 0.717) is 17.2 Å². The van der Waals surface area contributed by atoms with Gasteiger partial charge in [-0.15, -0.1) is 11.3 Å². The average Bonchev–Trinajstić information content (AvgIpc) is 3.14. The van der Waals surface area contributed by atoms with E-state index in [4.69, 9.17) is 15.5 Å². The van der Waals surface area contributed by atoms with Crippen LogP contribution in [0.3, 0.4) is 0 Å². The Morgan fingerprint density at radius 3 is 2.62 bits per heavy atom. The second-order valence-corrected chi connectivity index (χ2v) is 8.34. The fourth-order valence-electron chi connectivity index (χ4n) is 3.75. The van der Waals surface area contributed by atoms with Gasteiger partial charge in [-0.2, -0.15) is 0 Å². The first kappa shape index (κ1) is 20.0. The molecule has 2 aromatic heterocycles. The first-order valence-electron chi connectivity index (χ1n) is 10.4. The Morgan fingerprint density at radius 2 is 1.81 bits per heavy atom. The number of carbonyl (C=O) groups excluding carboxylic acids is 1. The highest BCUT2D eigenvalue weighted by atomic mass is 32.1. The average molecular weight is 440 g/mol. The van der Waals surface area contributed by atoms with Crippen molar-refractivity contribution in [2.75, 3.05) is 17.7 Å². The smallest absolute Gasteiger partial charge is 0.267 e. The van der Waals surface area contributed by atoms with E-state index in [9.17, 15) is 4.79 Å². The molecule has 0 saturated carbocycles. The number of amides is 1.